The van der Waals surface area contributed by atoms with E-state index >= 15 is 0 Å². The maximum absolute atomic E-state index is 11.1. The molecule has 0 aliphatic heterocycles. The number of halogens is 2. The van der Waals surface area contributed by atoms with Gasteiger partial charge in [0.1, 0.15) is 13.3 Å². The van der Waals surface area contributed by atoms with Crippen LogP contribution in [0.5, 0.6) is 0 Å². The molecular formula is C2H6F2P+. The Labute approximate surface area is 30.8 Å². The first-order valence-electron chi connectivity index (χ1n) is 1.23. The molecule has 0 aliphatic carbocycles. The molecule has 0 aromatic heterocycles. The van der Waals surface area contributed by atoms with Crippen molar-refractivity contribution >= 4 is 7.88 Å². The second-order valence-corrected chi connectivity index (χ2v) is 3.56. The number of hydrogen-bond donors (Lipinski definition) is 0. The number of rotatable bonds is 0. The van der Waals surface area contributed by atoms with Crippen LogP contribution in [0, 0.1) is 0 Å². The highest BCUT2D eigenvalue weighted by atomic mass is 31.2. The van der Waals surface area contributed by atoms with Gasteiger partial charge in [0, 0.05) is 0 Å². The van der Waals surface area contributed by atoms with E-state index in [2.05, 4.69) is 0 Å². The average molecular weight is 99.0 g/mol. The first-order chi connectivity index (χ1) is 2.00. The molecule has 0 unspecified atom stereocenters. The maximum atomic E-state index is 11.1. The van der Waals surface area contributed by atoms with Crippen LogP contribution >= 0.6 is 7.88 Å². The van der Waals surface area contributed by atoms with Crippen molar-refractivity contribution in [2.24, 2.45) is 0 Å². The van der Waals surface area contributed by atoms with Crippen LogP contribution in [0.25, 0.3) is 0 Å². The lowest BCUT2D eigenvalue weighted by atomic mass is 11.9. The Hall–Kier alpha value is 0.290. The lowest BCUT2D eigenvalue weighted by Gasteiger charge is -1.79. The van der Waals surface area contributed by atoms with E-state index in [4.69, 9.17) is 0 Å². The summed E-state index contributed by atoms with van der Waals surface area (Å²) in [6.07, 6.45) is 0. The molecule has 0 fully saturated rings. The fourth-order valence-electron chi connectivity index (χ4n) is 0. The summed E-state index contributed by atoms with van der Waals surface area (Å²) in [5.74, 6) is 0. The number of hydrogen-bond acceptors (Lipinski definition) is 0. The van der Waals surface area contributed by atoms with E-state index in [-0.39, 0.29) is 0 Å². The zero-order valence-electron chi connectivity index (χ0n) is 3.20. The highest BCUT2D eigenvalue weighted by Gasteiger charge is 2.22. The summed E-state index contributed by atoms with van der Waals surface area (Å²) in [5.41, 5.74) is 0. The van der Waals surface area contributed by atoms with Gasteiger partial charge in [-0.1, -0.05) is 0 Å². The van der Waals surface area contributed by atoms with Crippen molar-refractivity contribution < 1.29 is 8.39 Å². The van der Waals surface area contributed by atoms with Gasteiger partial charge in [-0.15, -0.1) is 0 Å². The second kappa shape index (κ2) is 1.17. The smallest absolute Gasteiger partial charge is 0.0242 e. The topological polar surface area (TPSA) is 0 Å². The molecule has 0 radical (unpaired) electrons. The molecule has 0 aromatic carbocycles. The molecule has 0 spiro atoms. The molecule has 0 aliphatic rings. The fourth-order valence-corrected chi connectivity index (χ4v) is 0. The first kappa shape index (κ1) is 5.29. The van der Waals surface area contributed by atoms with Crippen molar-refractivity contribution in [3.8, 4) is 0 Å². The third-order valence-corrected chi connectivity index (χ3v) is 0. The molecule has 5 heavy (non-hydrogen) atoms. The molecule has 0 aromatic rings. The van der Waals surface area contributed by atoms with Crippen molar-refractivity contribution in [1.82, 2.24) is 0 Å². The van der Waals surface area contributed by atoms with Gasteiger partial charge in [-0.25, -0.2) is 0 Å². The standard InChI is InChI=1S/C2H6F2P/c1-5(2,3)4/h1-2H3/q+1. The lowest BCUT2D eigenvalue weighted by Crippen LogP contribution is -1.58. The Morgan fingerprint density at radius 1 is 1.20 bits per heavy atom. The molecule has 0 atom stereocenters. The molecular weight excluding hydrogens is 93.0 g/mol. The van der Waals surface area contributed by atoms with Crippen LogP contribution in [-0.2, 0) is 0 Å². The molecule has 0 saturated heterocycles. The molecule has 0 heterocycles. The summed E-state index contributed by atoms with van der Waals surface area (Å²) in [6, 6.07) is 0. The zero-order chi connectivity index (χ0) is 4.50. The van der Waals surface area contributed by atoms with Crippen molar-refractivity contribution in [3.05, 3.63) is 0 Å². The third kappa shape index (κ3) is 268. The minimum absolute atomic E-state index is 0.965. The van der Waals surface area contributed by atoms with E-state index in [1.54, 1.807) is 0 Å². The lowest BCUT2D eigenvalue weighted by molar-refractivity contribution is 0.726. The van der Waals surface area contributed by atoms with Crippen molar-refractivity contribution in [1.29, 1.82) is 0 Å². The van der Waals surface area contributed by atoms with Gasteiger partial charge in [-0.2, -0.15) is 0 Å². The van der Waals surface area contributed by atoms with Gasteiger partial charge in [0.15, 0.2) is 0 Å². The first-order valence-corrected chi connectivity index (χ1v) is 3.70. The quantitative estimate of drug-likeness (QED) is 0.407. The van der Waals surface area contributed by atoms with Crippen LogP contribution in [0.15, 0.2) is 0 Å². The van der Waals surface area contributed by atoms with Gasteiger partial charge < -0.3 is 0 Å². The van der Waals surface area contributed by atoms with E-state index in [0.717, 1.165) is 13.3 Å². The molecule has 0 N–H and O–H groups in total. The molecule has 0 rings (SSSR count). The zero-order valence-corrected chi connectivity index (χ0v) is 4.10. The van der Waals surface area contributed by atoms with Crippen molar-refractivity contribution in [2.45, 2.75) is 0 Å². The summed E-state index contributed by atoms with van der Waals surface area (Å²) in [5, 5.41) is 0. The van der Waals surface area contributed by atoms with Crippen LogP contribution in [0.2, 0.25) is 0 Å². The predicted octanol–water partition coefficient (Wildman–Crippen LogP) is 2.03. The minimum atomic E-state index is -3.39. The fraction of sp³-hybridized carbons (Fsp3) is 1.00. The van der Waals surface area contributed by atoms with Gasteiger partial charge in [0.25, 0.3) is 0 Å². The Bertz CT molecular complexity index is 23.1. The predicted molar refractivity (Wildman–Crippen MR) is 21.0 cm³/mol. The third-order valence-electron chi connectivity index (χ3n) is 0. The van der Waals surface area contributed by atoms with Crippen LogP contribution < -0.4 is 0 Å². The summed E-state index contributed by atoms with van der Waals surface area (Å²) in [4.78, 5) is 0. The molecule has 0 amide bonds. The molecule has 32 valence electrons. The summed E-state index contributed by atoms with van der Waals surface area (Å²) in [6.45, 7) is 1.93. The monoisotopic (exact) mass is 99.0 g/mol. The largest absolute Gasteiger partial charge is 0.381 e. The summed E-state index contributed by atoms with van der Waals surface area (Å²) < 4.78 is 22.3. The van der Waals surface area contributed by atoms with Crippen molar-refractivity contribution in [2.75, 3.05) is 13.3 Å². The Morgan fingerprint density at radius 2 is 1.20 bits per heavy atom. The normalized spacial score (nSPS) is 12.0. The molecule has 0 nitrogen and oxygen atoms in total. The Kier molecular flexibility index (Phi) is 1.24. The van der Waals surface area contributed by atoms with Crippen LogP contribution in [0.4, 0.5) is 8.39 Å². The van der Waals surface area contributed by atoms with E-state index in [9.17, 15) is 8.39 Å². The van der Waals surface area contributed by atoms with Crippen LogP contribution in [-0.4, -0.2) is 13.3 Å². The molecule has 0 saturated carbocycles. The van der Waals surface area contributed by atoms with Gasteiger partial charge in [-0.3, -0.25) is 0 Å². The van der Waals surface area contributed by atoms with E-state index in [1.165, 1.54) is 0 Å². The second-order valence-electron chi connectivity index (χ2n) is 1.19. The molecule has 3 heteroatoms. The van der Waals surface area contributed by atoms with Gasteiger partial charge >= 0.3 is 7.88 Å². The summed E-state index contributed by atoms with van der Waals surface area (Å²) >= 11 is 0. The average Bonchev–Trinajstić information content (AvgIpc) is 0.722. The van der Waals surface area contributed by atoms with Crippen LogP contribution in [0.1, 0.15) is 0 Å². The van der Waals surface area contributed by atoms with Gasteiger partial charge in [0.05, 0.1) is 0 Å². The van der Waals surface area contributed by atoms with E-state index in [1.807, 2.05) is 0 Å². The van der Waals surface area contributed by atoms with Crippen LogP contribution in [0.3, 0.4) is 0 Å². The van der Waals surface area contributed by atoms with Crippen molar-refractivity contribution in [3.63, 3.8) is 0 Å². The Morgan fingerprint density at radius 3 is 1.20 bits per heavy atom. The Balaban J connectivity index is 3.02. The summed E-state index contributed by atoms with van der Waals surface area (Å²) in [7, 11) is -3.39. The van der Waals surface area contributed by atoms with Gasteiger partial charge in [-0.05, 0) is 8.39 Å². The van der Waals surface area contributed by atoms with Gasteiger partial charge in [0.2, 0.25) is 0 Å². The minimum Gasteiger partial charge on any atom is -0.0242 e. The van der Waals surface area contributed by atoms with E-state index < -0.39 is 7.88 Å². The SMILES string of the molecule is C[P+](C)(F)F. The molecule has 0 bridgehead atoms. The highest BCUT2D eigenvalue weighted by molar-refractivity contribution is 7.64. The van der Waals surface area contributed by atoms with E-state index in [0.29, 0.717) is 0 Å². The highest BCUT2D eigenvalue weighted by Crippen LogP contribution is 2.54. The maximum Gasteiger partial charge on any atom is 0.381 e.